The number of rotatable bonds is 7. The van der Waals surface area contributed by atoms with E-state index in [1.54, 1.807) is 6.08 Å². The van der Waals surface area contributed by atoms with Gasteiger partial charge in [-0.1, -0.05) is 54.6 Å². The molecule has 202 valence electrons. The van der Waals surface area contributed by atoms with Gasteiger partial charge in [-0.05, 0) is 61.3 Å². The van der Waals surface area contributed by atoms with Crippen LogP contribution in [-0.2, 0) is 27.2 Å². The summed E-state index contributed by atoms with van der Waals surface area (Å²) in [5.74, 6) is -0.559. The van der Waals surface area contributed by atoms with E-state index < -0.39 is 12.0 Å². The van der Waals surface area contributed by atoms with Crippen molar-refractivity contribution in [2.75, 3.05) is 18.0 Å². The van der Waals surface area contributed by atoms with E-state index in [0.29, 0.717) is 25.3 Å². The predicted molar refractivity (Wildman–Crippen MR) is 138 cm³/mol. The average Bonchev–Trinajstić information content (AvgIpc) is 3.33. The van der Waals surface area contributed by atoms with Crippen molar-refractivity contribution in [2.24, 2.45) is 11.8 Å². The van der Waals surface area contributed by atoms with Crippen molar-refractivity contribution < 1.29 is 27.6 Å². The van der Waals surface area contributed by atoms with Gasteiger partial charge >= 0.3 is 6.18 Å². The van der Waals surface area contributed by atoms with Crippen LogP contribution in [0.5, 0.6) is 0 Å². The molecule has 2 heterocycles. The van der Waals surface area contributed by atoms with Crippen LogP contribution in [-0.4, -0.2) is 48.9 Å². The van der Waals surface area contributed by atoms with Gasteiger partial charge in [0.25, 0.3) is 5.91 Å². The Bertz CT molecular complexity index is 1180. The minimum atomic E-state index is -4.64. The number of amides is 2. The molecule has 0 bridgehead atoms. The number of nitrogens with zero attached hydrogens (tertiary/aromatic N) is 1. The first-order valence-electron chi connectivity index (χ1n) is 12.9. The van der Waals surface area contributed by atoms with Crippen molar-refractivity contribution in [3.8, 4) is 0 Å². The molecule has 5 rings (SSSR count). The van der Waals surface area contributed by atoms with E-state index in [0.717, 1.165) is 37.9 Å². The summed E-state index contributed by atoms with van der Waals surface area (Å²) in [6.45, 7) is 2.14. The summed E-state index contributed by atoms with van der Waals surface area (Å²) in [4.78, 5) is 36.9. The lowest BCUT2D eigenvalue weighted by molar-refractivity contribution is -0.168. The number of alkyl halides is 3. The Labute approximate surface area is 220 Å². The van der Waals surface area contributed by atoms with Crippen molar-refractivity contribution in [2.45, 2.75) is 50.9 Å². The number of piperidine rings is 1. The molecule has 4 atom stereocenters. The summed E-state index contributed by atoms with van der Waals surface area (Å²) in [5.41, 5.74) is 3.44. The van der Waals surface area contributed by atoms with E-state index in [1.807, 2.05) is 47.4 Å². The third-order valence-electron chi connectivity index (χ3n) is 7.23. The molecule has 9 heteroatoms. The highest BCUT2D eigenvalue weighted by atomic mass is 19.4. The molecular formula is C29H32F3N3O3. The largest absolute Gasteiger partial charge is 0.449 e. The number of halogens is 3. The zero-order valence-corrected chi connectivity index (χ0v) is 21.2. The van der Waals surface area contributed by atoms with Crippen molar-refractivity contribution in [3.05, 3.63) is 77.9 Å². The number of hydrogen-bond acceptors (Lipinski definition) is 4. The minimum Gasteiger partial charge on any atom is -0.349 e. The Morgan fingerprint density at radius 3 is 2.42 bits per heavy atom. The van der Waals surface area contributed by atoms with Gasteiger partial charge in [-0.25, -0.2) is 0 Å². The van der Waals surface area contributed by atoms with E-state index >= 15 is 0 Å². The van der Waals surface area contributed by atoms with E-state index in [1.165, 1.54) is 11.1 Å². The van der Waals surface area contributed by atoms with Crippen LogP contribution >= 0.6 is 0 Å². The highest BCUT2D eigenvalue weighted by Gasteiger charge is 2.51. The molecule has 3 aliphatic rings. The second-order valence-electron chi connectivity index (χ2n) is 9.97. The van der Waals surface area contributed by atoms with E-state index in [2.05, 4.69) is 28.8 Å². The second-order valence-corrected chi connectivity index (χ2v) is 9.97. The monoisotopic (exact) mass is 527 g/mol. The van der Waals surface area contributed by atoms with Gasteiger partial charge in [0, 0.05) is 31.3 Å². The van der Waals surface area contributed by atoms with Gasteiger partial charge < -0.3 is 15.5 Å². The molecule has 2 aromatic carbocycles. The molecular weight excluding hydrogens is 495 g/mol. The van der Waals surface area contributed by atoms with E-state index in [4.69, 9.17) is 0 Å². The van der Waals surface area contributed by atoms with Crippen LogP contribution in [0.15, 0.2) is 66.7 Å². The van der Waals surface area contributed by atoms with Gasteiger partial charge in [-0.2, -0.15) is 13.2 Å². The molecule has 0 radical (unpaired) electrons. The molecule has 1 aliphatic carbocycles. The maximum atomic E-state index is 12.9. The minimum absolute atomic E-state index is 0.0230. The molecule has 2 fully saturated rings. The smallest absolute Gasteiger partial charge is 0.349 e. The van der Waals surface area contributed by atoms with Gasteiger partial charge in [0.15, 0.2) is 0 Å². The molecule has 1 unspecified atom stereocenters. The molecule has 6 nitrogen and oxygen atoms in total. The van der Waals surface area contributed by atoms with Crippen LogP contribution in [0.25, 0.3) is 0 Å². The van der Waals surface area contributed by atoms with Crippen LogP contribution in [0, 0.1) is 11.8 Å². The van der Waals surface area contributed by atoms with Crippen molar-refractivity contribution in [1.29, 1.82) is 0 Å². The topological polar surface area (TPSA) is 78.5 Å². The molecule has 2 aliphatic heterocycles. The Kier molecular flexibility index (Phi) is 8.66. The summed E-state index contributed by atoms with van der Waals surface area (Å²) in [5, 5.41) is 6.54. The summed E-state index contributed by atoms with van der Waals surface area (Å²) in [6, 6.07) is 18.1. The first kappa shape index (κ1) is 27.6. The van der Waals surface area contributed by atoms with Gasteiger partial charge in [0.05, 0.1) is 6.04 Å². The highest BCUT2D eigenvalue weighted by Crippen LogP contribution is 2.45. The number of carbonyl (C=O) groups is 3. The SMILES string of the molecule is CC(=O)C(F)(F)F.O=C(N[C@H](/C=C/C(=O)N1CCc2ccccc21)CCc1ccccc1)C1NC[C@H]2C[C@@H]12. The Morgan fingerprint density at radius 2 is 1.79 bits per heavy atom. The number of fused-ring (bicyclic) bond motifs is 2. The summed E-state index contributed by atoms with van der Waals surface area (Å²) < 4.78 is 32.5. The molecule has 38 heavy (non-hydrogen) atoms. The Morgan fingerprint density at radius 1 is 1.11 bits per heavy atom. The van der Waals surface area contributed by atoms with E-state index in [9.17, 15) is 27.6 Å². The molecule has 0 aromatic heterocycles. The van der Waals surface area contributed by atoms with Gasteiger partial charge in [-0.15, -0.1) is 0 Å². The molecule has 2 amide bonds. The summed E-state index contributed by atoms with van der Waals surface area (Å²) in [7, 11) is 0. The predicted octanol–water partition coefficient (Wildman–Crippen LogP) is 4.00. The standard InChI is InChI=1S/C26H29N3O2.C3H3F3O/c30-24(29-15-14-19-8-4-5-9-23(19)29)13-12-21(11-10-18-6-2-1-3-7-18)28-26(31)25-22-16-20(22)17-27-25;1-2(7)3(4,5)6/h1-9,12-13,20-22,25,27H,10-11,14-17H2,(H,28,31);1H3/b13-12+;/t20-,21+,22-,25?;/m1./s1. The van der Waals surface area contributed by atoms with Crippen molar-refractivity contribution in [1.82, 2.24) is 10.6 Å². The third kappa shape index (κ3) is 7.10. The van der Waals surface area contributed by atoms with Gasteiger partial charge in [0.1, 0.15) is 0 Å². The van der Waals surface area contributed by atoms with Crippen molar-refractivity contribution >= 4 is 23.3 Å². The maximum absolute atomic E-state index is 12.9. The molecule has 1 saturated heterocycles. The highest BCUT2D eigenvalue weighted by molar-refractivity contribution is 6.03. The third-order valence-corrected chi connectivity index (χ3v) is 7.23. The molecule has 2 N–H and O–H groups in total. The quantitative estimate of drug-likeness (QED) is 0.534. The normalized spacial score (nSPS) is 22.2. The lowest BCUT2D eigenvalue weighted by Crippen LogP contribution is -2.46. The summed E-state index contributed by atoms with van der Waals surface area (Å²) >= 11 is 0. The Balaban J connectivity index is 0.000000426. The number of carbonyl (C=O) groups excluding carboxylic acids is 3. The van der Waals surface area contributed by atoms with Crippen LogP contribution in [0.4, 0.5) is 18.9 Å². The van der Waals surface area contributed by atoms with Crippen molar-refractivity contribution in [3.63, 3.8) is 0 Å². The number of aryl methyl sites for hydroxylation is 1. The lowest BCUT2D eigenvalue weighted by Gasteiger charge is -2.20. The first-order chi connectivity index (χ1) is 18.1. The fraction of sp³-hybridized carbons (Fsp3) is 0.414. The van der Waals surface area contributed by atoms with Crippen LogP contribution in [0.1, 0.15) is 30.9 Å². The number of nitrogens with one attached hydrogen (secondary N) is 2. The first-order valence-corrected chi connectivity index (χ1v) is 12.9. The number of hydrogen-bond donors (Lipinski definition) is 2. The average molecular weight is 528 g/mol. The number of benzene rings is 2. The van der Waals surface area contributed by atoms with Crippen LogP contribution < -0.4 is 15.5 Å². The fourth-order valence-electron chi connectivity index (χ4n) is 4.94. The van der Waals surface area contributed by atoms with E-state index in [-0.39, 0.29) is 23.9 Å². The summed E-state index contributed by atoms with van der Waals surface area (Å²) in [6.07, 6.45) is 2.53. The van der Waals surface area contributed by atoms with Gasteiger partial charge in [-0.3, -0.25) is 14.4 Å². The zero-order valence-electron chi connectivity index (χ0n) is 21.2. The maximum Gasteiger partial charge on any atom is 0.449 e. The van der Waals surface area contributed by atoms with Crippen LogP contribution in [0.2, 0.25) is 0 Å². The van der Waals surface area contributed by atoms with Gasteiger partial charge in [0.2, 0.25) is 11.7 Å². The lowest BCUT2D eigenvalue weighted by atomic mass is 10.0. The molecule has 0 spiro atoms. The number of Topliss-reactive ketones (excluding diaryl/α,β-unsaturated/α-hetero) is 1. The van der Waals surface area contributed by atoms with Crippen LogP contribution in [0.3, 0.4) is 0 Å². The fourth-order valence-corrected chi connectivity index (χ4v) is 4.94. The number of anilines is 1. The molecule has 1 saturated carbocycles. The number of ketones is 1. The molecule has 2 aromatic rings. The zero-order chi connectivity index (χ0) is 27.3. The Hall–Kier alpha value is -3.46. The second kappa shape index (κ2) is 11.9. The number of para-hydroxylation sites is 1.